The maximum absolute atomic E-state index is 9.44. The Bertz CT molecular complexity index is 895. The van der Waals surface area contributed by atoms with Crippen molar-refractivity contribution in [2.75, 3.05) is 0 Å². The highest BCUT2D eigenvalue weighted by Gasteiger charge is 2.09. The monoisotopic (exact) mass is 262 g/mol. The summed E-state index contributed by atoms with van der Waals surface area (Å²) >= 11 is 0. The maximum atomic E-state index is 9.44. The van der Waals surface area contributed by atoms with Crippen molar-refractivity contribution in [3.63, 3.8) is 0 Å². The number of aromatic hydroxyl groups is 1. The quantitative estimate of drug-likeness (QED) is 0.567. The van der Waals surface area contributed by atoms with Gasteiger partial charge in [-0.2, -0.15) is 0 Å². The minimum absolute atomic E-state index is 0.208. The van der Waals surface area contributed by atoms with Gasteiger partial charge in [0.15, 0.2) is 5.58 Å². The number of phenols is 1. The number of para-hydroxylation sites is 2. The van der Waals surface area contributed by atoms with E-state index in [0.717, 1.165) is 27.6 Å². The fraction of sp³-hybridized carbons (Fsp3) is 0. The van der Waals surface area contributed by atoms with E-state index in [1.165, 1.54) is 0 Å². The fourth-order valence-electron chi connectivity index (χ4n) is 2.22. The Kier molecular flexibility index (Phi) is 2.23. The predicted molar refractivity (Wildman–Crippen MR) is 76.4 cm³/mol. The lowest BCUT2D eigenvalue weighted by Gasteiger charge is -2.00. The molecular formula is C16H10N2O2. The van der Waals surface area contributed by atoms with Crippen molar-refractivity contribution in [3.05, 3.63) is 54.7 Å². The van der Waals surface area contributed by atoms with Gasteiger partial charge in [0.2, 0.25) is 5.89 Å². The summed E-state index contributed by atoms with van der Waals surface area (Å²) in [5.74, 6) is 0.758. The summed E-state index contributed by atoms with van der Waals surface area (Å²) in [7, 11) is 0. The third-order valence-electron chi connectivity index (χ3n) is 3.21. The number of rotatable bonds is 1. The van der Waals surface area contributed by atoms with Crippen LogP contribution >= 0.6 is 0 Å². The molecule has 4 aromatic rings. The molecule has 2 aromatic carbocycles. The van der Waals surface area contributed by atoms with Crippen LogP contribution in [0.3, 0.4) is 0 Å². The lowest BCUT2D eigenvalue weighted by atomic mass is 10.1. The zero-order valence-electron chi connectivity index (χ0n) is 10.4. The summed E-state index contributed by atoms with van der Waals surface area (Å²) in [6.45, 7) is 0. The van der Waals surface area contributed by atoms with Gasteiger partial charge in [-0.25, -0.2) is 4.98 Å². The molecule has 4 rings (SSSR count). The summed E-state index contributed by atoms with van der Waals surface area (Å²) < 4.78 is 5.73. The first kappa shape index (κ1) is 11.0. The van der Waals surface area contributed by atoms with Crippen molar-refractivity contribution < 1.29 is 9.52 Å². The summed E-state index contributed by atoms with van der Waals surface area (Å²) in [5.41, 5.74) is 3.14. The van der Waals surface area contributed by atoms with Crippen LogP contribution in [0.1, 0.15) is 0 Å². The molecule has 0 aliphatic rings. The van der Waals surface area contributed by atoms with E-state index in [0.29, 0.717) is 5.89 Å². The zero-order valence-corrected chi connectivity index (χ0v) is 10.4. The Hall–Kier alpha value is -2.88. The summed E-state index contributed by atoms with van der Waals surface area (Å²) in [5, 5.41) is 10.4. The van der Waals surface area contributed by atoms with Crippen LogP contribution in [0.2, 0.25) is 0 Å². The average Bonchev–Trinajstić information content (AvgIpc) is 2.90. The second kappa shape index (κ2) is 4.06. The van der Waals surface area contributed by atoms with Crippen LogP contribution in [0, 0.1) is 0 Å². The topological polar surface area (TPSA) is 59.2 Å². The number of hydrogen-bond acceptors (Lipinski definition) is 4. The Labute approximate surface area is 114 Å². The normalized spacial score (nSPS) is 11.2. The summed E-state index contributed by atoms with van der Waals surface area (Å²) in [6, 6.07) is 14.7. The molecule has 0 aliphatic carbocycles. The molecule has 4 heteroatoms. The Morgan fingerprint density at radius 2 is 1.85 bits per heavy atom. The molecule has 2 aromatic heterocycles. The van der Waals surface area contributed by atoms with Gasteiger partial charge < -0.3 is 9.52 Å². The van der Waals surface area contributed by atoms with Crippen LogP contribution in [-0.4, -0.2) is 15.1 Å². The van der Waals surface area contributed by atoms with Crippen molar-refractivity contribution in [2.24, 2.45) is 0 Å². The summed E-state index contributed by atoms with van der Waals surface area (Å²) in [6.07, 6.45) is 1.70. The van der Waals surface area contributed by atoms with E-state index in [9.17, 15) is 5.11 Å². The number of phenolic OH excluding ortho intramolecular Hbond substituents is 1. The first-order valence-electron chi connectivity index (χ1n) is 6.24. The highest BCUT2D eigenvalue weighted by atomic mass is 16.3. The number of pyridine rings is 1. The second-order valence-corrected chi connectivity index (χ2v) is 4.59. The lowest BCUT2D eigenvalue weighted by molar-refractivity contribution is 0.476. The molecule has 20 heavy (non-hydrogen) atoms. The van der Waals surface area contributed by atoms with Crippen LogP contribution in [0.4, 0.5) is 0 Å². The molecule has 0 atom stereocenters. The van der Waals surface area contributed by atoms with E-state index in [1.54, 1.807) is 18.3 Å². The van der Waals surface area contributed by atoms with E-state index in [-0.39, 0.29) is 5.75 Å². The third-order valence-corrected chi connectivity index (χ3v) is 3.21. The van der Waals surface area contributed by atoms with Crippen molar-refractivity contribution in [2.45, 2.75) is 0 Å². The molecule has 4 nitrogen and oxygen atoms in total. The smallest absolute Gasteiger partial charge is 0.228 e. The van der Waals surface area contributed by atoms with Gasteiger partial charge >= 0.3 is 0 Å². The second-order valence-electron chi connectivity index (χ2n) is 4.59. The molecule has 1 N–H and O–H groups in total. The highest BCUT2D eigenvalue weighted by Crippen LogP contribution is 2.27. The van der Waals surface area contributed by atoms with Gasteiger partial charge in [0.1, 0.15) is 11.3 Å². The molecule has 0 saturated heterocycles. The minimum Gasteiger partial charge on any atom is -0.508 e. The molecule has 0 fully saturated rings. The third kappa shape index (κ3) is 1.70. The van der Waals surface area contributed by atoms with Crippen LogP contribution in [0.25, 0.3) is 33.5 Å². The summed E-state index contributed by atoms with van der Waals surface area (Å²) in [4.78, 5) is 8.78. The molecule has 0 aliphatic heterocycles. The van der Waals surface area contributed by atoms with Crippen LogP contribution in [-0.2, 0) is 0 Å². The van der Waals surface area contributed by atoms with Crippen LogP contribution in [0.15, 0.2) is 59.1 Å². The van der Waals surface area contributed by atoms with E-state index < -0.39 is 0 Å². The molecule has 0 unspecified atom stereocenters. The molecule has 0 spiro atoms. The van der Waals surface area contributed by atoms with Crippen LogP contribution < -0.4 is 0 Å². The van der Waals surface area contributed by atoms with Gasteiger partial charge in [-0.15, -0.1) is 0 Å². The largest absolute Gasteiger partial charge is 0.508 e. The van der Waals surface area contributed by atoms with Crippen molar-refractivity contribution in [1.82, 2.24) is 9.97 Å². The first-order valence-corrected chi connectivity index (χ1v) is 6.24. The number of aromatic nitrogens is 2. The Morgan fingerprint density at radius 3 is 2.75 bits per heavy atom. The van der Waals surface area contributed by atoms with E-state index in [4.69, 9.17) is 4.42 Å². The molecule has 0 saturated carbocycles. The van der Waals surface area contributed by atoms with Crippen molar-refractivity contribution >= 4 is 22.0 Å². The fourth-order valence-corrected chi connectivity index (χ4v) is 2.22. The van der Waals surface area contributed by atoms with E-state index >= 15 is 0 Å². The standard InChI is InChI=1S/C16H10N2O2/c19-12-6-5-10-7-11(9-17-14(10)8-12)16-18-13-3-1-2-4-15(13)20-16/h1-9,19H. The molecule has 0 bridgehead atoms. The van der Waals surface area contributed by atoms with Gasteiger partial charge in [0.05, 0.1) is 11.1 Å². The number of fused-ring (bicyclic) bond motifs is 2. The zero-order chi connectivity index (χ0) is 13.5. The first-order chi connectivity index (χ1) is 9.79. The predicted octanol–water partition coefficient (Wildman–Crippen LogP) is 3.75. The highest BCUT2D eigenvalue weighted by molar-refractivity contribution is 5.84. The van der Waals surface area contributed by atoms with Crippen LogP contribution in [0.5, 0.6) is 5.75 Å². The van der Waals surface area contributed by atoms with Gasteiger partial charge in [-0.05, 0) is 30.3 Å². The number of benzene rings is 2. The number of hydrogen-bond donors (Lipinski definition) is 1. The van der Waals surface area contributed by atoms with Gasteiger partial charge in [-0.1, -0.05) is 12.1 Å². The van der Waals surface area contributed by atoms with Crippen molar-refractivity contribution in [1.29, 1.82) is 0 Å². The number of oxazole rings is 1. The lowest BCUT2D eigenvalue weighted by Crippen LogP contribution is -1.82. The van der Waals surface area contributed by atoms with Gasteiger partial charge in [-0.3, -0.25) is 4.98 Å². The maximum Gasteiger partial charge on any atom is 0.228 e. The minimum atomic E-state index is 0.208. The molecule has 0 radical (unpaired) electrons. The Balaban J connectivity index is 1.90. The van der Waals surface area contributed by atoms with E-state index in [1.807, 2.05) is 36.4 Å². The van der Waals surface area contributed by atoms with E-state index in [2.05, 4.69) is 9.97 Å². The SMILES string of the molecule is Oc1ccc2cc(-c3nc4ccccc4o3)cnc2c1. The molecule has 2 heterocycles. The molecule has 96 valence electrons. The average molecular weight is 262 g/mol. The number of nitrogens with zero attached hydrogens (tertiary/aromatic N) is 2. The molecular weight excluding hydrogens is 252 g/mol. The Morgan fingerprint density at radius 1 is 0.950 bits per heavy atom. The molecule has 0 amide bonds. The van der Waals surface area contributed by atoms with Crippen molar-refractivity contribution in [3.8, 4) is 17.2 Å². The van der Waals surface area contributed by atoms with Gasteiger partial charge in [0, 0.05) is 17.6 Å². The van der Waals surface area contributed by atoms with Gasteiger partial charge in [0.25, 0.3) is 0 Å².